The fourth-order valence-corrected chi connectivity index (χ4v) is 2.54. The van der Waals surface area contributed by atoms with Gasteiger partial charge in [0.2, 0.25) is 0 Å². The van der Waals surface area contributed by atoms with Crippen LogP contribution in [0.15, 0.2) is 41.0 Å². The lowest BCUT2D eigenvalue weighted by Gasteiger charge is -2.01. The average molecular weight is 337 g/mol. The Bertz CT molecular complexity index is 780. The molecule has 0 atom stereocenters. The maximum Gasteiger partial charge on any atom is 0.139 e. The third-order valence-electron chi connectivity index (χ3n) is 3.04. The van der Waals surface area contributed by atoms with Crippen LogP contribution in [-0.2, 0) is 0 Å². The summed E-state index contributed by atoms with van der Waals surface area (Å²) in [5.41, 5.74) is 9.79. The molecule has 1 aromatic carbocycles. The zero-order valence-electron chi connectivity index (χ0n) is 10.2. The number of aryl methyl sites for hydroxylation is 1. The number of anilines is 1. The topological polar surface area (TPSA) is 43.3 Å². The van der Waals surface area contributed by atoms with Gasteiger partial charge in [-0.15, -0.1) is 0 Å². The predicted molar refractivity (Wildman–Crippen MR) is 82.5 cm³/mol. The molecule has 2 aromatic heterocycles. The monoisotopic (exact) mass is 335 g/mol. The van der Waals surface area contributed by atoms with E-state index in [1.54, 1.807) is 0 Å². The largest absolute Gasteiger partial charge is 0.383 e. The summed E-state index contributed by atoms with van der Waals surface area (Å²) in [6.45, 7) is 2.02. The number of fused-ring (bicyclic) bond motifs is 1. The second-order valence-electron chi connectivity index (χ2n) is 4.39. The molecule has 0 aliphatic heterocycles. The van der Waals surface area contributed by atoms with Crippen molar-refractivity contribution in [3.63, 3.8) is 0 Å². The maximum atomic E-state index is 6.18. The number of nitrogens with two attached hydrogens (primary N) is 1. The third kappa shape index (κ3) is 2.11. The number of imidazole rings is 1. The van der Waals surface area contributed by atoms with Crippen molar-refractivity contribution in [2.24, 2.45) is 0 Å². The summed E-state index contributed by atoms with van der Waals surface area (Å²) in [7, 11) is 0. The normalized spacial score (nSPS) is 11.1. The molecule has 0 bridgehead atoms. The SMILES string of the molecule is Cc1cc2nc(-c3cccc(Cl)c3)c(N)n2cc1Br. The highest BCUT2D eigenvalue weighted by molar-refractivity contribution is 9.10. The lowest BCUT2D eigenvalue weighted by atomic mass is 10.1. The zero-order chi connectivity index (χ0) is 13.6. The summed E-state index contributed by atoms with van der Waals surface area (Å²) < 4.78 is 2.87. The second kappa shape index (κ2) is 4.54. The van der Waals surface area contributed by atoms with Crippen molar-refractivity contribution in [3.05, 3.63) is 51.6 Å². The van der Waals surface area contributed by atoms with Gasteiger partial charge in [0.1, 0.15) is 17.2 Å². The highest BCUT2D eigenvalue weighted by Crippen LogP contribution is 2.30. The van der Waals surface area contributed by atoms with E-state index >= 15 is 0 Å². The van der Waals surface area contributed by atoms with Crippen molar-refractivity contribution in [3.8, 4) is 11.3 Å². The molecule has 96 valence electrons. The van der Waals surface area contributed by atoms with Gasteiger partial charge >= 0.3 is 0 Å². The van der Waals surface area contributed by atoms with Gasteiger partial charge in [0.15, 0.2) is 0 Å². The quantitative estimate of drug-likeness (QED) is 0.719. The van der Waals surface area contributed by atoms with Crippen molar-refractivity contribution in [2.75, 3.05) is 5.73 Å². The number of hydrogen-bond donors (Lipinski definition) is 1. The van der Waals surface area contributed by atoms with Crippen LogP contribution in [0.1, 0.15) is 5.56 Å². The molecule has 2 heterocycles. The Hall–Kier alpha value is -1.52. The Labute approximate surface area is 124 Å². The number of aromatic nitrogens is 2. The molecule has 0 saturated heterocycles. The van der Waals surface area contributed by atoms with E-state index in [-0.39, 0.29) is 0 Å². The fourth-order valence-electron chi connectivity index (χ4n) is 2.03. The Kier molecular flexibility index (Phi) is 2.99. The molecule has 0 unspecified atom stereocenters. The highest BCUT2D eigenvalue weighted by atomic mass is 79.9. The van der Waals surface area contributed by atoms with E-state index < -0.39 is 0 Å². The number of halogens is 2. The summed E-state index contributed by atoms with van der Waals surface area (Å²) >= 11 is 9.52. The minimum absolute atomic E-state index is 0.609. The van der Waals surface area contributed by atoms with Crippen LogP contribution in [-0.4, -0.2) is 9.38 Å². The van der Waals surface area contributed by atoms with Crippen LogP contribution >= 0.6 is 27.5 Å². The molecule has 0 amide bonds. The van der Waals surface area contributed by atoms with E-state index in [1.165, 1.54) is 0 Å². The molecule has 0 radical (unpaired) electrons. The summed E-state index contributed by atoms with van der Waals surface area (Å²) in [6.07, 6.45) is 1.93. The van der Waals surface area contributed by atoms with E-state index in [9.17, 15) is 0 Å². The number of hydrogen-bond acceptors (Lipinski definition) is 2. The van der Waals surface area contributed by atoms with Gasteiger partial charge in [-0.05, 0) is 46.6 Å². The molecule has 5 heteroatoms. The molecule has 0 aliphatic rings. The minimum atomic E-state index is 0.609. The van der Waals surface area contributed by atoms with Crippen molar-refractivity contribution in [2.45, 2.75) is 6.92 Å². The van der Waals surface area contributed by atoms with Crippen molar-refractivity contribution >= 4 is 39.0 Å². The molecular formula is C14H11BrClN3. The molecule has 0 spiro atoms. The van der Waals surface area contributed by atoms with Gasteiger partial charge in [-0.3, -0.25) is 4.40 Å². The second-order valence-corrected chi connectivity index (χ2v) is 5.68. The first-order valence-corrected chi connectivity index (χ1v) is 6.93. The van der Waals surface area contributed by atoms with Gasteiger partial charge in [-0.1, -0.05) is 23.7 Å². The number of nitrogens with zero attached hydrogens (tertiary/aromatic N) is 2. The first-order chi connectivity index (χ1) is 9.06. The van der Waals surface area contributed by atoms with Crippen molar-refractivity contribution in [1.29, 1.82) is 0 Å². The zero-order valence-corrected chi connectivity index (χ0v) is 12.5. The Morgan fingerprint density at radius 1 is 1.32 bits per heavy atom. The van der Waals surface area contributed by atoms with Gasteiger partial charge in [0, 0.05) is 21.3 Å². The van der Waals surface area contributed by atoms with Crippen LogP contribution in [0.3, 0.4) is 0 Å². The molecule has 3 rings (SSSR count). The molecule has 3 aromatic rings. The minimum Gasteiger partial charge on any atom is -0.383 e. The molecule has 3 nitrogen and oxygen atoms in total. The van der Waals surface area contributed by atoms with Gasteiger partial charge in [-0.2, -0.15) is 0 Å². The van der Waals surface area contributed by atoms with Crippen LogP contribution in [0, 0.1) is 6.92 Å². The van der Waals surface area contributed by atoms with Crippen LogP contribution in [0.2, 0.25) is 5.02 Å². The number of benzene rings is 1. The fraction of sp³-hybridized carbons (Fsp3) is 0.0714. The molecule has 19 heavy (non-hydrogen) atoms. The summed E-state index contributed by atoms with van der Waals surface area (Å²) in [4.78, 5) is 4.58. The number of pyridine rings is 1. The molecule has 0 aliphatic carbocycles. The first-order valence-electron chi connectivity index (χ1n) is 5.76. The van der Waals surface area contributed by atoms with Crippen LogP contribution < -0.4 is 5.73 Å². The van der Waals surface area contributed by atoms with E-state index in [2.05, 4.69) is 20.9 Å². The Balaban J connectivity index is 2.28. The van der Waals surface area contributed by atoms with E-state index in [4.69, 9.17) is 17.3 Å². The lowest BCUT2D eigenvalue weighted by Crippen LogP contribution is -1.94. The molecule has 0 saturated carbocycles. The van der Waals surface area contributed by atoms with E-state index in [1.807, 2.05) is 47.9 Å². The molecule has 0 fully saturated rings. The summed E-state index contributed by atoms with van der Waals surface area (Å²) in [5, 5.41) is 0.673. The van der Waals surface area contributed by atoms with Crippen LogP contribution in [0.4, 0.5) is 5.82 Å². The molecule has 2 N–H and O–H groups in total. The maximum absolute atomic E-state index is 6.18. The standard InChI is InChI=1S/C14H11BrClN3/c1-8-5-12-18-13(9-3-2-4-10(16)6-9)14(17)19(12)7-11(8)15/h2-7H,17H2,1H3. The Morgan fingerprint density at radius 2 is 2.11 bits per heavy atom. The average Bonchev–Trinajstić information content (AvgIpc) is 2.68. The van der Waals surface area contributed by atoms with E-state index in [0.717, 1.165) is 26.9 Å². The van der Waals surface area contributed by atoms with E-state index in [0.29, 0.717) is 10.8 Å². The number of nitrogen functional groups attached to an aromatic ring is 1. The van der Waals surface area contributed by atoms with Crippen molar-refractivity contribution < 1.29 is 0 Å². The van der Waals surface area contributed by atoms with Gasteiger partial charge in [-0.25, -0.2) is 4.98 Å². The highest BCUT2D eigenvalue weighted by Gasteiger charge is 2.12. The third-order valence-corrected chi connectivity index (χ3v) is 4.10. The van der Waals surface area contributed by atoms with Gasteiger partial charge < -0.3 is 5.73 Å². The predicted octanol–water partition coefficient (Wildman–Crippen LogP) is 4.31. The molecular weight excluding hydrogens is 326 g/mol. The van der Waals surface area contributed by atoms with Gasteiger partial charge in [0.05, 0.1) is 0 Å². The summed E-state index contributed by atoms with van der Waals surface area (Å²) in [5.74, 6) is 0.609. The summed E-state index contributed by atoms with van der Waals surface area (Å²) in [6, 6.07) is 9.53. The van der Waals surface area contributed by atoms with Gasteiger partial charge in [0.25, 0.3) is 0 Å². The number of rotatable bonds is 1. The van der Waals surface area contributed by atoms with Crippen LogP contribution in [0.5, 0.6) is 0 Å². The smallest absolute Gasteiger partial charge is 0.139 e. The van der Waals surface area contributed by atoms with Crippen LogP contribution in [0.25, 0.3) is 16.9 Å². The lowest BCUT2D eigenvalue weighted by molar-refractivity contribution is 1.16. The first kappa shape index (κ1) is 12.5. The van der Waals surface area contributed by atoms with Crippen molar-refractivity contribution in [1.82, 2.24) is 9.38 Å². The Morgan fingerprint density at radius 3 is 2.84 bits per heavy atom.